The summed E-state index contributed by atoms with van der Waals surface area (Å²) in [5.41, 5.74) is 19.1. The fourth-order valence-electron chi connectivity index (χ4n) is 11.3. The van der Waals surface area contributed by atoms with E-state index in [-0.39, 0.29) is 12.3 Å². The Morgan fingerprint density at radius 2 is 1.35 bits per heavy atom. The summed E-state index contributed by atoms with van der Waals surface area (Å²) in [7, 11) is 0. The maximum Gasteiger partial charge on any atom is 0.160 e. The molecule has 3 heterocycles. The first-order valence-corrected chi connectivity index (χ1v) is 22.0. The second-order valence-electron chi connectivity index (χ2n) is 17.2. The highest BCUT2D eigenvalue weighted by Crippen LogP contribution is 2.49. The maximum atomic E-state index is 4.20. The van der Waals surface area contributed by atoms with E-state index in [1.165, 1.54) is 116 Å². The van der Waals surface area contributed by atoms with Crippen LogP contribution in [0.25, 0.3) is 88.3 Å². The van der Waals surface area contributed by atoms with Crippen LogP contribution in [0, 0.1) is 0 Å². The summed E-state index contributed by atoms with van der Waals surface area (Å²) >= 11 is 0. The Morgan fingerprint density at radius 1 is 0.597 bits per heavy atom. The van der Waals surface area contributed by atoms with Crippen LogP contribution in [0.1, 0.15) is 66.1 Å². The molecule has 296 valence electrons. The van der Waals surface area contributed by atoms with Crippen molar-refractivity contribution in [1.82, 2.24) is 14.5 Å². The van der Waals surface area contributed by atoms with Gasteiger partial charge >= 0.3 is 0 Å². The summed E-state index contributed by atoms with van der Waals surface area (Å²) in [5, 5.41) is 17.4. The molecule has 10 aromatic rings. The Hall–Kier alpha value is -7.40. The quantitative estimate of drug-likeness (QED) is 0.182. The van der Waals surface area contributed by atoms with Gasteiger partial charge in [-0.25, -0.2) is 0 Å². The molecule has 62 heavy (non-hydrogen) atoms. The molecule has 0 bridgehead atoms. The van der Waals surface area contributed by atoms with E-state index in [9.17, 15) is 0 Å². The first kappa shape index (κ1) is 35.4. The van der Waals surface area contributed by atoms with Crippen LogP contribution in [0.4, 0.5) is 5.69 Å². The lowest BCUT2D eigenvalue weighted by Gasteiger charge is -2.37. The Labute approximate surface area is 360 Å². The normalized spacial score (nSPS) is 16.9. The van der Waals surface area contributed by atoms with Gasteiger partial charge < -0.3 is 14.5 Å². The number of hydrogen-bond acceptors (Lipinski definition) is 2. The van der Waals surface area contributed by atoms with E-state index >= 15 is 0 Å². The highest BCUT2D eigenvalue weighted by Gasteiger charge is 2.33. The van der Waals surface area contributed by atoms with E-state index in [4.69, 9.17) is 0 Å². The van der Waals surface area contributed by atoms with Gasteiger partial charge in [-0.2, -0.15) is 0 Å². The number of aromatic nitrogens is 2. The zero-order valence-corrected chi connectivity index (χ0v) is 34.8. The molecule has 2 aromatic heterocycles. The molecule has 8 aromatic carbocycles. The second kappa shape index (κ2) is 13.6. The summed E-state index contributed by atoms with van der Waals surface area (Å²) < 4.78 is 4.96. The number of allylic oxidation sites excluding steroid dienone is 5. The average Bonchev–Trinajstić information content (AvgIpc) is 3.94. The van der Waals surface area contributed by atoms with E-state index in [1.807, 2.05) is 0 Å². The van der Waals surface area contributed by atoms with Gasteiger partial charge in [0.15, 0.2) is 6.29 Å². The fraction of sp³-hybridized carbons (Fsp3) is 0.103. The second-order valence-corrected chi connectivity index (χ2v) is 17.2. The van der Waals surface area contributed by atoms with Gasteiger partial charge in [0.05, 0.1) is 22.6 Å². The lowest BCUT2D eigenvalue weighted by atomic mass is 9.89. The van der Waals surface area contributed by atoms with E-state index in [2.05, 4.69) is 216 Å². The molecule has 4 nitrogen and oxygen atoms in total. The smallest absolute Gasteiger partial charge is 0.160 e. The standard InChI is InChI=1S/C58H44N4/c1-3-16-38-35(2)39-24-15-25-43-41(30-31-45(38)55(39)43)48-34-54-56(44-21-8-7-19-40(44)48)47-23-11-14-28-52(47)62(54)58-59-50-26-12-9-22-46(50)57(60-58)36-29-32-53-49(33-36)42-20-10-13-27-51(42)61(53)37-17-5-4-6-18-37/h3-10,12-22,24-34,57-60H,11,23H2,1-2H3/b16-3-. The molecule has 2 N–H and O–H groups in total. The molecule has 2 unspecified atom stereocenters. The Kier molecular flexibility index (Phi) is 7.73. The van der Waals surface area contributed by atoms with Gasteiger partial charge in [0, 0.05) is 33.2 Å². The number of rotatable bonds is 5. The monoisotopic (exact) mass is 796 g/mol. The zero-order valence-electron chi connectivity index (χ0n) is 34.8. The molecule has 0 amide bonds. The van der Waals surface area contributed by atoms with Crippen molar-refractivity contribution in [3.63, 3.8) is 0 Å². The highest BCUT2D eigenvalue weighted by atomic mass is 15.3. The number of nitrogens with one attached hydrogen (secondary N) is 2. The minimum absolute atomic E-state index is 0.0556. The van der Waals surface area contributed by atoms with Gasteiger partial charge in [0.25, 0.3) is 0 Å². The molecule has 3 aliphatic rings. The van der Waals surface area contributed by atoms with Crippen molar-refractivity contribution >= 4 is 77.2 Å². The van der Waals surface area contributed by atoms with Crippen LogP contribution in [0.5, 0.6) is 0 Å². The summed E-state index contributed by atoms with van der Waals surface area (Å²) in [4.78, 5) is 0. The maximum absolute atomic E-state index is 4.20. The van der Waals surface area contributed by atoms with Crippen LogP contribution in [-0.4, -0.2) is 9.13 Å². The summed E-state index contributed by atoms with van der Waals surface area (Å²) in [6, 6.07) is 58.6. The molecule has 4 heteroatoms. The first-order chi connectivity index (χ1) is 30.7. The molecule has 2 atom stereocenters. The summed E-state index contributed by atoms with van der Waals surface area (Å²) in [6.07, 6.45) is 11.0. The highest BCUT2D eigenvalue weighted by molar-refractivity contribution is 6.22. The topological polar surface area (TPSA) is 33.9 Å². The first-order valence-electron chi connectivity index (χ1n) is 22.0. The van der Waals surface area contributed by atoms with Gasteiger partial charge in [-0.1, -0.05) is 133 Å². The number of aryl methyl sites for hydroxylation is 1. The van der Waals surface area contributed by atoms with Crippen LogP contribution >= 0.6 is 0 Å². The molecule has 0 spiro atoms. The van der Waals surface area contributed by atoms with Gasteiger partial charge in [-0.05, 0) is 147 Å². The minimum atomic E-state index is -0.220. The lowest BCUT2D eigenvalue weighted by Crippen LogP contribution is -2.41. The largest absolute Gasteiger partial charge is 0.352 e. The third-order valence-corrected chi connectivity index (χ3v) is 13.9. The van der Waals surface area contributed by atoms with Crippen LogP contribution in [0.15, 0.2) is 176 Å². The van der Waals surface area contributed by atoms with Crippen LogP contribution in [-0.2, 0) is 6.42 Å². The summed E-state index contributed by atoms with van der Waals surface area (Å²) in [5.74, 6) is 0. The van der Waals surface area contributed by atoms with Gasteiger partial charge in [0.2, 0.25) is 0 Å². The van der Waals surface area contributed by atoms with E-state index in [1.54, 1.807) is 0 Å². The van der Waals surface area contributed by atoms with Crippen molar-refractivity contribution in [2.45, 2.75) is 39.0 Å². The lowest BCUT2D eigenvalue weighted by molar-refractivity contribution is 0.407. The van der Waals surface area contributed by atoms with Crippen molar-refractivity contribution in [3.05, 3.63) is 209 Å². The van der Waals surface area contributed by atoms with Crippen LogP contribution in [0.3, 0.4) is 0 Å². The van der Waals surface area contributed by atoms with Crippen molar-refractivity contribution in [1.29, 1.82) is 0 Å². The van der Waals surface area contributed by atoms with E-state index < -0.39 is 0 Å². The fourth-order valence-corrected chi connectivity index (χ4v) is 11.3. The molecule has 1 aliphatic heterocycles. The number of fused-ring (bicyclic) bond motifs is 9. The number of nitrogens with zero attached hydrogens (tertiary/aromatic N) is 2. The van der Waals surface area contributed by atoms with Crippen LogP contribution < -0.4 is 10.6 Å². The molecular formula is C58H44N4. The predicted octanol–water partition coefficient (Wildman–Crippen LogP) is 14.8. The van der Waals surface area contributed by atoms with E-state index in [0.29, 0.717) is 0 Å². The molecule has 0 fully saturated rings. The van der Waals surface area contributed by atoms with Crippen molar-refractivity contribution in [2.75, 3.05) is 5.32 Å². The third kappa shape index (κ3) is 4.99. The molecule has 0 radical (unpaired) electrons. The number of anilines is 1. The SMILES string of the molecule is C/C=C\C1=C(C)c2cccc3c(-c4cc5c(c6c(n5C5Nc7ccccc7C(c7ccc8c(c7)c7ccccc7n8-c7ccccc7)N5)C=CCC6)c5ccccc45)ccc1c23. The van der Waals surface area contributed by atoms with Crippen molar-refractivity contribution in [2.24, 2.45) is 0 Å². The molecule has 0 saturated carbocycles. The Balaban J connectivity index is 1.02. The van der Waals surface area contributed by atoms with Crippen molar-refractivity contribution in [3.8, 4) is 16.8 Å². The molecular weight excluding hydrogens is 753 g/mol. The van der Waals surface area contributed by atoms with Crippen LogP contribution in [0.2, 0.25) is 0 Å². The molecule has 13 rings (SSSR count). The summed E-state index contributed by atoms with van der Waals surface area (Å²) in [6.45, 7) is 4.38. The minimum Gasteiger partial charge on any atom is -0.352 e. The van der Waals surface area contributed by atoms with Gasteiger partial charge in [0.1, 0.15) is 0 Å². The van der Waals surface area contributed by atoms with E-state index in [0.717, 1.165) is 18.5 Å². The number of para-hydroxylation sites is 3. The van der Waals surface area contributed by atoms with Gasteiger partial charge in [-0.3, -0.25) is 5.32 Å². The zero-order chi connectivity index (χ0) is 41.1. The Morgan fingerprint density at radius 3 is 2.24 bits per heavy atom. The van der Waals surface area contributed by atoms with Gasteiger partial charge in [-0.15, -0.1) is 0 Å². The molecule has 0 saturated heterocycles. The Bertz CT molecular complexity index is 3610. The number of benzene rings is 8. The average molecular weight is 797 g/mol. The predicted molar refractivity (Wildman–Crippen MR) is 262 cm³/mol. The van der Waals surface area contributed by atoms with Crippen molar-refractivity contribution < 1.29 is 0 Å². The molecule has 2 aliphatic carbocycles. The third-order valence-electron chi connectivity index (χ3n) is 13.9. The number of hydrogen-bond donors (Lipinski definition) is 2.